The van der Waals surface area contributed by atoms with Crippen LogP contribution in [0.2, 0.25) is 5.02 Å². The van der Waals surface area contributed by atoms with Gasteiger partial charge in [-0.15, -0.1) is 0 Å². The van der Waals surface area contributed by atoms with Crippen LogP contribution < -0.4 is 5.32 Å². The minimum Gasteiger partial charge on any atom is -0.381 e. The summed E-state index contributed by atoms with van der Waals surface area (Å²) in [6.45, 7) is 12.5. The van der Waals surface area contributed by atoms with E-state index in [4.69, 9.17) is 16.3 Å². The average molecular weight is 288 g/mol. The van der Waals surface area contributed by atoms with Crippen molar-refractivity contribution in [3.05, 3.63) is 16.4 Å². The van der Waals surface area contributed by atoms with Crippen LogP contribution in [0.4, 0.5) is 0 Å². The third kappa shape index (κ3) is 5.51. The molecule has 0 saturated heterocycles. The van der Waals surface area contributed by atoms with Crippen LogP contribution in [0.1, 0.15) is 38.6 Å². The first-order valence-electron chi connectivity index (χ1n) is 7.06. The van der Waals surface area contributed by atoms with Gasteiger partial charge in [-0.05, 0) is 32.7 Å². The number of nitrogens with zero attached hydrogens (tertiary/aromatic N) is 2. The highest BCUT2D eigenvalue weighted by Gasteiger charge is 2.11. The Morgan fingerprint density at radius 1 is 1.42 bits per heavy atom. The molecular formula is C14H26ClN3O. The number of nitrogens with one attached hydrogen (secondary N) is 1. The molecule has 0 spiro atoms. The SMILES string of the molecule is CCn1nc(C)c(Cl)c1CNCCCOCC(C)C. The fourth-order valence-electron chi connectivity index (χ4n) is 1.86. The maximum Gasteiger partial charge on any atom is 0.0860 e. The van der Waals surface area contributed by atoms with E-state index >= 15 is 0 Å². The Morgan fingerprint density at radius 2 is 2.16 bits per heavy atom. The van der Waals surface area contributed by atoms with Crippen molar-refractivity contribution < 1.29 is 4.74 Å². The van der Waals surface area contributed by atoms with Crippen LogP contribution in [0.5, 0.6) is 0 Å². The van der Waals surface area contributed by atoms with E-state index < -0.39 is 0 Å². The Labute approximate surface area is 121 Å². The number of ether oxygens (including phenoxy) is 1. The topological polar surface area (TPSA) is 39.1 Å². The minimum atomic E-state index is 0.605. The first-order chi connectivity index (χ1) is 9.06. The highest BCUT2D eigenvalue weighted by atomic mass is 35.5. The van der Waals surface area contributed by atoms with Crippen LogP contribution in [0.25, 0.3) is 0 Å². The monoisotopic (exact) mass is 287 g/mol. The Morgan fingerprint density at radius 3 is 2.79 bits per heavy atom. The molecule has 1 heterocycles. The summed E-state index contributed by atoms with van der Waals surface area (Å²) in [5, 5.41) is 8.57. The third-order valence-electron chi connectivity index (χ3n) is 2.84. The number of halogens is 1. The van der Waals surface area contributed by atoms with Gasteiger partial charge in [0.2, 0.25) is 0 Å². The Bertz CT molecular complexity index is 377. The van der Waals surface area contributed by atoms with Crippen molar-refractivity contribution in [2.75, 3.05) is 19.8 Å². The number of aryl methyl sites for hydroxylation is 2. The quantitative estimate of drug-likeness (QED) is 0.710. The van der Waals surface area contributed by atoms with Crippen LogP contribution in [-0.4, -0.2) is 29.5 Å². The molecule has 4 nitrogen and oxygen atoms in total. The predicted molar refractivity (Wildman–Crippen MR) is 79.6 cm³/mol. The molecular weight excluding hydrogens is 262 g/mol. The molecule has 5 heteroatoms. The predicted octanol–water partition coefficient (Wildman–Crippen LogP) is 3.02. The second-order valence-corrected chi connectivity index (χ2v) is 5.54. The van der Waals surface area contributed by atoms with E-state index in [1.165, 1.54) is 0 Å². The van der Waals surface area contributed by atoms with Crippen LogP contribution in [0, 0.1) is 12.8 Å². The van der Waals surface area contributed by atoms with E-state index in [0.29, 0.717) is 5.92 Å². The number of aromatic nitrogens is 2. The number of rotatable bonds is 9. The standard InChI is InChI=1S/C14H26ClN3O/c1-5-18-13(14(15)12(4)17-18)9-16-7-6-8-19-10-11(2)3/h11,16H,5-10H2,1-4H3. The second-order valence-electron chi connectivity index (χ2n) is 5.16. The van der Waals surface area contributed by atoms with E-state index in [2.05, 4.69) is 31.2 Å². The summed E-state index contributed by atoms with van der Waals surface area (Å²) in [4.78, 5) is 0. The largest absolute Gasteiger partial charge is 0.381 e. The Hall–Kier alpha value is -0.580. The van der Waals surface area contributed by atoms with Crippen LogP contribution in [0.3, 0.4) is 0 Å². The molecule has 1 rings (SSSR count). The molecule has 0 unspecified atom stereocenters. The zero-order valence-corrected chi connectivity index (χ0v) is 13.3. The van der Waals surface area contributed by atoms with Crippen LogP contribution in [-0.2, 0) is 17.8 Å². The van der Waals surface area contributed by atoms with E-state index in [1.54, 1.807) is 0 Å². The van der Waals surface area contributed by atoms with E-state index in [1.807, 2.05) is 11.6 Å². The summed E-state index contributed by atoms with van der Waals surface area (Å²) >= 11 is 6.24. The molecule has 19 heavy (non-hydrogen) atoms. The molecule has 1 N–H and O–H groups in total. The maximum atomic E-state index is 6.24. The average Bonchev–Trinajstić information content (AvgIpc) is 2.64. The van der Waals surface area contributed by atoms with Crippen molar-refractivity contribution in [1.82, 2.24) is 15.1 Å². The van der Waals surface area contributed by atoms with Gasteiger partial charge in [-0.3, -0.25) is 4.68 Å². The highest BCUT2D eigenvalue weighted by molar-refractivity contribution is 6.31. The van der Waals surface area contributed by atoms with E-state index in [9.17, 15) is 0 Å². The Balaban J connectivity index is 2.22. The van der Waals surface area contributed by atoms with Gasteiger partial charge in [0, 0.05) is 26.3 Å². The molecule has 110 valence electrons. The normalized spacial score (nSPS) is 11.5. The Kier molecular flexibility index (Phi) is 7.42. The van der Waals surface area contributed by atoms with Gasteiger partial charge in [0.15, 0.2) is 0 Å². The molecule has 0 aliphatic carbocycles. The fourth-order valence-corrected chi connectivity index (χ4v) is 2.07. The summed E-state index contributed by atoms with van der Waals surface area (Å²) in [5.41, 5.74) is 1.98. The molecule has 0 fully saturated rings. The second kappa shape index (κ2) is 8.56. The van der Waals surface area contributed by atoms with Gasteiger partial charge >= 0.3 is 0 Å². The lowest BCUT2D eigenvalue weighted by molar-refractivity contribution is 0.108. The molecule has 0 atom stereocenters. The molecule has 1 aromatic heterocycles. The van der Waals surface area contributed by atoms with Crippen molar-refractivity contribution in [2.45, 2.75) is 47.2 Å². The summed E-state index contributed by atoms with van der Waals surface area (Å²) in [6, 6.07) is 0. The number of hydrogen-bond acceptors (Lipinski definition) is 3. The van der Waals surface area contributed by atoms with Gasteiger partial charge in [-0.25, -0.2) is 0 Å². The van der Waals surface area contributed by atoms with Gasteiger partial charge in [0.05, 0.1) is 16.4 Å². The van der Waals surface area contributed by atoms with Crippen molar-refractivity contribution in [1.29, 1.82) is 0 Å². The molecule has 0 bridgehead atoms. The lowest BCUT2D eigenvalue weighted by Gasteiger charge is -2.09. The van der Waals surface area contributed by atoms with Crippen LogP contribution >= 0.6 is 11.6 Å². The van der Waals surface area contributed by atoms with Gasteiger partial charge < -0.3 is 10.1 Å². The molecule has 0 aliphatic heterocycles. The van der Waals surface area contributed by atoms with Crippen LogP contribution in [0.15, 0.2) is 0 Å². The zero-order valence-electron chi connectivity index (χ0n) is 12.5. The lowest BCUT2D eigenvalue weighted by atomic mass is 10.2. The summed E-state index contributed by atoms with van der Waals surface area (Å²) in [5.74, 6) is 0.605. The summed E-state index contributed by atoms with van der Waals surface area (Å²) in [7, 11) is 0. The third-order valence-corrected chi connectivity index (χ3v) is 3.33. The molecule has 0 radical (unpaired) electrons. The number of hydrogen-bond donors (Lipinski definition) is 1. The van der Waals surface area contributed by atoms with E-state index in [-0.39, 0.29) is 0 Å². The zero-order chi connectivity index (χ0) is 14.3. The van der Waals surface area contributed by atoms with Gasteiger partial charge in [-0.2, -0.15) is 5.10 Å². The summed E-state index contributed by atoms with van der Waals surface area (Å²) < 4.78 is 7.49. The smallest absolute Gasteiger partial charge is 0.0860 e. The van der Waals surface area contributed by atoms with Crippen molar-refractivity contribution in [3.63, 3.8) is 0 Å². The first kappa shape index (κ1) is 16.5. The van der Waals surface area contributed by atoms with Gasteiger partial charge in [-0.1, -0.05) is 25.4 Å². The van der Waals surface area contributed by atoms with Gasteiger partial charge in [0.25, 0.3) is 0 Å². The highest BCUT2D eigenvalue weighted by Crippen LogP contribution is 2.19. The van der Waals surface area contributed by atoms with Crippen molar-refractivity contribution in [3.8, 4) is 0 Å². The molecule has 0 aliphatic rings. The molecule has 0 aromatic carbocycles. The summed E-state index contributed by atoms with van der Waals surface area (Å²) in [6.07, 6.45) is 1.02. The first-order valence-corrected chi connectivity index (χ1v) is 7.44. The van der Waals surface area contributed by atoms with Crippen molar-refractivity contribution >= 4 is 11.6 Å². The maximum absolute atomic E-state index is 6.24. The molecule has 1 aromatic rings. The fraction of sp³-hybridized carbons (Fsp3) is 0.786. The van der Waals surface area contributed by atoms with E-state index in [0.717, 1.165) is 55.7 Å². The van der Waals surface area contributed by atoms with Gasteiger partial charge in [0.1, 0.15) is 0 Å². The van der Waals surface area contributed by atoms with Crippen molar-refractivity contribution in [2.24, 2.45) is 5.92 Å². The lowest BCUT2D eigenvalue weighted by Crippen LogP contribution is -2.19. The molecule has 0 saturated carbocycles. The molecule has 0 amide bonds. The minimum absolute atomic E-state index is 0.605.